The first-order valence-electron chi connectivity index (χ1n) is 7.23. The highest BCUT2D eigenvalue weighted by Crippen LogP contribution is 2.45. The SMILES string of the molecule is CC(C)c1cc(Br)c(O)c(C2(CN)CCCCC2)c1. The Bertz CT molecular complexity index is 450. The summed E-state index contributed by atoms with van der Waals surface area (Å²) in [6.07, 6.45) is 5.88. The predicted molar refractivity (Wildman–Crippen MR) is 83.7 cm³/mol. The van der Waals surface area contributed by atoms with Gasteiger partial charge in [0.2, 0.25) is 0 Å². The third-order valence-corrected chi connectivity index (χ3v) is 5.13. The fourth-order valence-corrected chi connectivity index (χ4v) is 3.65. The van der Waals surface area contributed by atoms with Crippen molar-refractivity contribution in [3.8, 4) is 5.75 Å². The summed E-state index contributed by atoms with van der Waals surface area (Å²) in [5, 5.41) is 10.4. The van der Waals surface area contributed by atoms with Gasteiger partial charge >= 0.3 is 0 Å². The Morgan fingerprint density at radius 3 is 2.42 bits per heavy atom. The molecule has 0 unspecified atom stereocenters. The summed E-state index contributed by atoms with van der Waals surface area (Å²) in [5.74, 6) is 0.839. The maximum absolute atomic E-state index is 10.4. The van der Waals surface area contributed by atoms with Crippen LogP contribution < -0.4 is 5.73 Å². The van der Waals surface area contributed by atoms with Gasteiger partial charge in [-0.2, -0.15) is 0 Å². The van der Waals surface area contributed by atoms with Gasteiger partial charge in [-0.25, -0.2) is 0 Å². The Morgan fingerprint density at radius 2 is 1.89 bits per heavy atom. The lowest BCUT2D eigenvalue weighted by molar-refractivity contribution is 0.290. The van der Waals surface area contributed by atoms with E-state index in [1.54, 1.807) is 0 Å². The summed E-state index contributed by atoms with van der Waals surface area (Å²) >= 11 is 3.49. The van der Waals surface area contributed by atoms with Gasteiger partial charge in [0.15, 0.2) is 0 Å². The molecule has 3 N–H and O–H groups in total. The molecule has 3 heteroatoms. The van der Waals surface area contributed by atoms with Crippen LogP contribution in [0.25, 0.3) is 0 Å². The van der Waals surface area contributed by atoms with Gasteiger partial charge in [0.05, 0.1) is 4.47 Å². The van der Waals surface area contributed by atoms with E-state index in [0.717, 1.165) is 22.9 Å². The first-order valence-corrected chi connectivity index (χ1v) is 8.02. The Morgan fingerprint density at radius 1 is 1.26 bits per heavy atom. The molecule has 2 rings (SSSR count). The van der Waals surface area contributed by atoms with Gasteiger partial charge in [-0.15, -0.1) is 0 Å². The van der Waals surface area contributed by atoms with Gasteiger partial charge < -0.3 is 10.8 Å². The molecular formula is C16H24BrNO. The van der Waals surface area contributed by atoms with E-state index >= 15 is 0 Å². The van der Waals surface area contributed by atoms with E-state index in [-0.39, 0.29) is 5.41 Å². The minimum Gasteiger partial charge on any atom is -0.506 e. The average Bonchev–Trinajstić information content (AvgIpc) is 2.42. The minimum absolute atomic E-state index is 0.0320. The topological polar surface area (TPSA) is 46.2 Å². The monoisotopic (exact) mass is 325 g/mol. The summed E-state index contributed by atoms with van der Waals surface area (Å²) in [7, 11) is 0. The van der Waals surface area contributed by atoms with E-state index < -0.39 is 0 Å². The molecule has 1 saturated carbocycles. The summed E-state index contributed by atoms with van der Waals surface area (Å²) in [6.45, 7) is 4.98. The second kappa shape index (κ2) is 5.84. The van der Waals surface area contributed by atoms with Gasteiger partial charge in [0.25, 0.3) is 0 Å². The molecule has 19 heavy (non-hydrogen) atoms. The summed E-state index contributed by atoms with van der Waals surface area (Å²) in [5.41, 5.74) is 8.37. The molecule has 0 aromatic heterocycles. The van der Waals surface area contributed by atoms with E-state index in [4.69, 9.17) is 5.73 Å². The predicted octanol–water partition coefficient (Wildman–Crippen LogP) is 4.44. The van der Waals surface area contributed by atoms with Crippen molar-refractivity contribution in [1.29, 1.82) is 0 Å². The van der Waals surface area contributed by atoms with Crippen molar-refractivity contribution < 1.29 is 5.11 Å². The second-order valence-corrected chi connectivity index (χ2v) is 6.95. The van der Waals surface area contributed by atoms with Crippen LogP contribution in [0, 0.1) is 0 Å². The highest BCUT2D eigenvalue weighted by Gasteiger charge is 2.35. The van der Waals surface area contributed by atoms with Crippen LogP contribution in [0.5, 0.6) is 5.75 Å². The number of phenolic OH excluding ortho intramolecular Hbond substituents is 1. The third-order valence-electron chi connectivity index (χ3n) is 4.53. The molecule has 0 bridgehead atoms. The molecular weight excluding hydrogens is 302 g/mol. The number of hydrogen-bond donors (Lipinski definition) is 2. The van der Waals surface area contributed by atoms with Gasteiger partial charge in [-0.1, -0.05) is 39.2 Å². The molecule has 1 aliphatic carbocycles. The molecule has 0 saturated heterocycles. The lowest BCUT2D eigenvalue weighted by Gasteiger charge is -2.37. The Kier molecular flexibility index (Phi) is 4.57. The summed E-state index contributed by atoms with van der Waals surface area (Å²) < 4.78 is 0.798. The molecule has 0 atom stereocenters. The first-order chi connectivity index (χ1) is 9.00. The largest absolute Gasteiger partial charge is 0.506 e. The van der Waals surface area contributed by atoms with Crippen molar-refractivity contribution in [1.82, 2.24) is 0 Å². The molecule has 1 aromatic rings. The standard InChI is InChI=1S/C16H24BrNO/c1-11(2)12-8-13(15(19)14(17)9-12)16(10-18)6-4-3-5-7-16/h8-9,11,19H,3-7,10,18H2,1-2H3. The van der Waals surface area contributed by atoms with Crippen molar-refractivity contribution in [3.63, 3.8) is 0 Å². The molecule has 1 aromatic carbocycles. The van der Waals surface area contributed by atoms with Crippen molar-refractivity contribution in [2.45, 2.75) is 57.3 Å². The third kappa shape index (κ3) is 2.82. The molecule has 2 nitrogen and oxygen atoms in total. The Labute approximate surface area is 124 Å². The zero-order valence-corrected chi connectivity index (χ0v) is 13.5. The zero-order valence-electron chi connectivity index (χ0n) is 11.9. The van der Waals surface area contributed by atoms with Crippen LogP contribution in [0.4, 0.5) is 0 Å². The molecule has 0 aliphatic heterocycles. The lowest BCUT2D eigenvalue weighted by atomic mass is 9.68. The lowest BCUT2D eigenvalue weighted by Crippen LogP contribution is -2.37. The number of hydrogen-bond acceptors (Lipinski definition) is 2. The second-order valence-electron chi connectivity index (χ2n) is 6.10. The fraction of sp³-hybridized carbons (Fsp3) is 0.625. The molecule has 1 aliphatic rings. The molecule has 0 amide bonds. The Balaban J connectivity index is 2.52. The molecule has 1 fully saturated rings. The number of rotatable bonds is 3. The van der Waals surface area contributed by atoms with E-state index in [1.165, 1.54) is 24.8 Å². The van der Waals surface area contributed by atoms with Crippen LogP contribution >= 0.6 is 15.9 Å². The van der Waals surface area contributed by atoms with Crippen LogP contribution in [0.15, 0.2) is 16.6 Å². The van der Waals surface area contributed by atoms with E-state index in [0.29, 0.717) is 18.2 Å². The summed E-state index contributed by atoms with van der Waals surface area (Å²) in [4.78, 5) is 0. The van der Waals surface area contributed by atoms with Crippen molar-refractivity contribution in [2.75, 3.05) is 6.54 Å². The number of benzene rings is 1. The highest BCUT2D eigenvalue weighted by atomic mass is 79.9. The molecule has 0 radical (unpaired) electrons. The number of phenols is 1. The van der Waals surface area contributed by atoms with Crippen LogP contribution in [-0.2, 0) is 5.41 Å². The van der Waals surface area contributed by atoms with Gasteiger partial charge in [0.1, 0.15) is 5.75 Å². The van der Waals surface area contributed by atoms with Gasteiger partial charge in [-0.3, -0.25) is 0 Å². The fourth-order valence-electron chi connectivity index (χ4n) is 3.17. The molecule has 0 heterocycles. The maximum atomic E-state index is 10.4. The van der Waals surface area contributed by atoms with Crippen LogP contribution in [0.3, 0.4) is 0 Å². The molecule has 106 valence electrons. The van der Waals surface area contributed by atoms with E-state index in [2.05, 4.69) is 35.8 Å². The van der Waals surface area contributed by atoms with Crippen molar-refractivity contribution in [2.24, 2.45) is 5.73 Å². The van der Waals surface area contributed by atoms with Gasteiger partial charge in [0, 0.05) is 17.5 Å². The minimum atomic E-state index is -0.0320. The number of aromatic hydroxyl groups is 1. The zero-order chi connectivity index (χ0) is 14.0. The highest BCUT2D eigenvalue weighted by molar-refractivity contribution is 9.10. The van der Waals surface area contributed by atoms with Crippen molar-refractivity contribution in [3.05, 3.63) is 27.7 Å². The van der Waals surface area contributed by atoms with E-state index in [1.807, 2.05) is 6.07 Å². The number of nitrogens with two attached hydrogens (primary N) is 1. The number of halogens is 1. The van der Waals surface area contributed by atoms with Crippen LogP contribution in [-0.4, -0.2) is 11.7 Å². The summed E-state index contributed by atoms with van der Waals surface area (Å²) in [6, 6.07) is 4.19. The van der Waals surface area contributed by atoms with Crippen LogP contribution in [0.1, 0.15) is 63.0 Å². The smallest absolute Gasteiger partial charge is 0.133 e. The van der Waals surface area contributed by atoms with Gasteiger partial charge in [-0.05, 0) is 46.3 Å². The molecule has 0 spiro atoms. The van der Waals surface area contributed by atoms with E-state index in [9.17, 15) is 5.11 Å². The quantitative estimate of drug-likeness (QED) is 0.863. The van der Waals surface area contributed by atoms with Crippen molar-refractivity contribution >= 4 is 15.9 Å². The first kappa shape index (κ1) is 14.9. The average molecular weight is 326 g/mol. The normalized spacial score (nSPS) is 18.8. The van der Waals surface area contributed by atoms with Crippen LogP contribution in [0.2, 0.25) is 0 Å². The maximum Gasteiger partial charge on any atom is 0.133 e. The Hall–Kier alpha value is -0.540.